The van der Waals surface area contributed by atoms with Crippen molar-refractivity contribution in [3.63, 3.8) is 0 Å². The summed E-state index contributed by atoms with van der Waals surface area (Å²) in [7, 11) is 0. The first-order valence-corrected chi connectivity index (χ1v) is 7.71. The van der Waals surface area contributed by atoms with E-state index in [1.807, 2.05) is 35.8 Å². The van der Waals surface area contributed by atoms with Gasteiger partial charge in [-0.25, -0.2) is 9.37 Å². The molecule has 122 valence electrons. The summed E-state index contributed by atoms with van der Waals surface area (Å²) >= 11 is 0. The van der Waals surface area contributed by atoms with Gasteiger partial charge in [-0.15, -0.1) is 0 Å². The lowest BCUT2D eigenvalue weighted by molar-refractivity contribution is -0.117. The van der Waals surface area contributed by atoms with Crippen molar-refractivity contribution in [3.05, 3.63) is 78.4 Å². The van der Waals surface area contributed by atoms with Crippen molar-refractivity contribution in [3.8, 4) is 0 Å². The summed E-state index contributed by atoms with van der Waals surface area (Å²) in [4.78, 5) is 16.3. The fraction of sp³-hybridized carbons (Fsp3) is 0.158. The van der Waals surface area contributed by atoms with Gasteiger partial charge in [0.15, 0.2) is 0 Å². The topological polar surface area (TPSA) is 46.9 Å². The summed E-state index contributed by atoms with van der Waals surface area (Å²) in [5.74, 6) is 0.236. The molecule has 1 aromatic heterocycles. The number of aromatic nitrogens is 2. The minimum atomic E-state index is -0.275. The number of hydrogen-bond donors (Lipinski definition) is 1. The lowest BCUT2D eigenvalue weighted by atomic mass is 10.2. The van der Waals surface area contributed by atoms with Crippen LogP contribution < -0.4 is 5.32 Å². The zero-order valence-electron chi connectivity index (χ0n) is 13.4. The van der Waals surface area contributed by atoms with Crippen LogP contribution in [0.4, 0.5) is 4.39 Å². The van der Waals surface area contributed by atoms with Crippen molar-refractivity contribution in [1.82, 2.24) is 14.9 Å². The first kappa shape index (κ1) is 15.9. The molecule has 24 heavy (non-hydrogen) atoms. The molecule has 3 aromatic rings. The second-order valence-corrected chi connectivity index (χ2v) is 5.61. The molecule has 0 saturated carbocycles. The predicted octanol–water partition coefficient (Wildman–Crippen LogP) is 3.59. The molecule has 0 spiro atoms. The molecule has 1 amide bonds. The Kier molecular flexibility index (Phi) is 4.42. The molecule has 1 N–H and O–H groups in total. The number of rotatable bonds is 5. The Bertz CT molecular complexity index is 883. The number of carbonyl (C=O) groups excluding carboxylic acids is 1. The molecular weight excluding hydrogens is 305 g/mol. The molecule has 2 aromatic carbocycles. The average Bonchev–Trinajstić information content (AvgIpc) is 2.95. The van der Waals surface area contributed by atoms with Gasteiger partial charge in [-0.3, -0.25) is 4.79 Å². The number of fused-ring (bicyclic) bond motifs is 1. The normalized spacial score (nSPS) is 12.1. The number of benzene rings is 2. The Balaban J connectivity index is 2.03. The zero-order chi connectivity index (χ0) is 17.1. The van der Waals surface area contributed by atoms with E-state index in [2.05, 4.69) is 16.9 Å². The Morgan fingerprint density at radius 3 is 2.71 bits per heavy atom. The Labute approximate surface area is 139 Å². The van der Waals surface area contributed by atoms with Crippen LogP contribution in [0.3, 0.4) is 0 Å². The number of hydrogen-bond acceptors (Lipinski definition) is 2. The smallest absolute Gasteiger partial charge is 0.243 e. The fourth-order valence-corrected chi connectivity index (χ4v) is 2.70. The molecule has 0 bridgehead atoms. The Morgan fingerprint density at radius 1 is 1.29 bits per heavy atom. The van der Waals surface area contributed by atoms with Gasteiger partial charge in [-0.2, -0.15) is 0 Å². The summed E-state index contributed by atoms with van der Waals surface area (Å²) in [5, 5.41) is 2.84. The maximum Gasteiger partial charge on any atom is 0.243 e. The molecule has 4 nitrogen and oxygen atoms in total. The van der Waals surface area contributed by atoms with Crippen LogP contribution in [0.5, 0.6) is 0 Å². The van der Waals surface area contributed by atoms with Crippen molar-refractivity contribution < 1.29 is 9.18 Å². The molecule has 0 fully saturated rings. The second-order valence-electron chi connectivity index (χ2n) is 5.61. The van der Waals surface area contributed by atoms with Crippen molar-refractivity contribution in [2.45, 2.75) is 19.5 Å². The van der Waals surface area contributed by atoms with Gasteiger partial charge in [0.1, 0.15) is 11.6 Å². The number of para-hydroxylation sites is 2. The van der Waals surface area contributed by atoms with Crippen LogP contribution in [0.2, 0.25) is 0 Å². The number of carbonyl (C=O) groups is 1. The highest BCUT2D eigenvalue weighted by Crippen LogP contribution is 2.22. The third-order valence-electron chi connectivity index (χ3n) is 3.87. The standard InChI is InChI=1S/C19H18FN3O/c1-3-18(24)21-13(2)19-22-16-6-4-5-7-17(16)23(19)12-14-8-10-15(20)11-9-14/h3-11,13H,1,12H2,2H3,(H,21,24). The van der Waals surface area contributed by atoms with Gasteiger partial charge < -0.3 is 9.88 Å². The van der Waals surface area contributed by atoms with Gasteiger partial charge in [0.25, 0.3) is 0 Å². The lowest BCUT2D eigenvalue weighted by Gasteiger charge is -2.15. The molecule has 0 radical (unpaired) electrons. The first-order chi connectivity index (χ1) is 11.6. The third kappa shape index (κ3) is 3.20. The highest BCUT2D eigenvalue weighted by molar-refractivity contribution is 5.87. The lowest BCUT2D eigenvalue weighted by Crippen LogP contribution is -2.27. The van der Waals surface area contributed by atoms with Gasteiger partial charge in [-0.05, 0) is 42.8 Å². The number of halogens is 1. The van der Waals surface area contributed by atoms with E-state index in [9.17, 15) is 9.18 Å². The van der Waals surface area contributed by atoms with E-state index in [1.165, 1.54) is 18.2 Å². The quantitative estimate of drug-likeness (QED) is 0.730. The summed E-state index contributed by atoms with van der Waals surface area (Å²) < 4.78 is 15.2. The molecule has 1 heterocycles. The molecule has 0 aliphatic rings. The van der Waals surface area contributed by atoms with Crippen LogP contribution >= 0.6 is 0 Å². The molecule has 0 aliphatic heterocycles. The number of nitrogens with one attached hydrogen (secondary N) is 1. The molecule has 1 atom stereocenters. The highest BCUT2D eigenvalue weighted by atomic mass is 19.1. The van der Waals surface area contributed by atoms with Crippen LogP contribution in [-0.4, -0.2) is 15.5 Å². The summed E-state index contributed by atoms with van der Waals surface area (Å²) in [6, 6.07) is 13.9. The molecular formula is C19H18FN3O. The van der Waals surface area contributed by atoms with Crippen molar-refractivity contribution >= 4 is 16.9 Å². The van der Waals surface area contributed by atoms with E-state index in [-0.39, 0.29) is 17.8 Å². The minimum absolute atomic E-state index is 0.247. The predicted molar refractivity (Wildman–Crippen MR) is 92.0 cm³/mol. The monoisotopic (exact) mass is 323 g/mol. The molecule has 0 aliphatic carbocycles. The number of amides is 1. The fourth-order valence-electron chi connectivity index (χ4n) is 2.70. The maximum atomic E-state index is 13.1. The van der Waals surface area contributed by atoms with E-state index in [4.69, 9.17) is 0 Å². The van der Waals surface area contributed by atoms with Crippen LogP contribution in [0.1, 0.15) is 24.4 Å². The Morgan fingerprint density at radius 2 is 2.00 bits per heavy atom. The summed E-state index contributed by atoms with van der Waals surface area (Å²) in [6.07, 6.45) is 1.24. The molecule has 0 saturated heterocycles. The zero-order valence-corrected chi connectivity index (χ0v) is 13.4. The van der Waals surface area contributed by atoms with Crippen LogP contribution in [0.15, 0.2) is 61.2 Å². The first-order valence-electron chi connectivity index (χ1n) is 7.71. The second kappa shape index (κ2) is 6.66. The van der Waals surface area contributed by atoms with Crippen molar-refractivity contribution in [1.29, 1.82) is 0 Å². The van der Waals surface area contributed by atoms with Gasteiger partial charge in [0.2, 0.25) is 5.91 Å². The van der Waals surface area contributed by atoms with Crippen LogP contribution in [-0.2, 0) is 11.3 Å². The van der Waals surface area contributed by atoms with E-state index in [0.717, 1.165) is 22.4 Å². The van der Waals surface area contributed by atoms with Gasteiger partial charge >= 0.3 is 0 Å². The van der Waals surface area contributed by atoms with Crippen LogP contribution in [0.25, 0.3) is 11.0 Å². The third-order valence-corrected chi connectivity index (χ3v) is 3.87. The molecule has 1 unspecified atom stereocenters. The number of nitrogens with zero attached hydrogens (tertiary/aromatic N) is 2. The van der Waals surface area contributed by atoms with Gasteiger partial charge in [0, 0.05) is 6.54 Å². The maximum absolute atomic E-state index is 13.1. The van der Waals surface area contributed by atoms with E-state index >= 15 is 0 Å². The molecule has 3 rings (SSSR count). The van der Waals surface area contributed by atoms with Crippen molar-refractivity contribution in [2.75, 3.05) is 0 Å². The van der Waals surface area contributed by atoms with Crippen LogP contribution in [0, 0.1) is 5.82 Å². The van der Waals surface area contributed by atoms with Crippen molar-refractivity contribution in [2.24, 2.45) is 0 Å². The average molecular weight is 323 g/mol. The van der Waals surface area contributed by atoms with Gasteiger partial charge in [0.05, 0.1) is 17.1 Å². The largest absolute Gasteiger partial charge is 0.343 e. The van der Waals surface area contributed by atoms with E-state index in [1.54, 1.807) is 12.1 Å². The van der Waals surface area contributed by atoms with Gasteiger partial charge in [-0.1, -0.05) is 30.8 Å². The molecule has 5 heteroatoms. The Hall–Kier alpha value is -2.95. The number of imidazole rings is 1. The summed E-state index contributed by atoms with van der Waals surface area (Å²) in [5.41, 5.74) is 2.79. The van der Waals surface area contributed by atoms with E-state index < -0.39 is 0 Å². The minimum Gasteiger partial charge on any atom is -0.343 e. The summed E-state index contributed by atoms with van der Waals surface area (Å²) in [6.45, 7) is 5.90. The highest BCUT2D eigenvalue weighted by Gasteiger charge is 2.17. The van der Waals surface area contributed by atoms with E-state index in [0.29, 0.717) is 6.54 Å². The SMILES string of the molecule is C=CC(=O)NC(C)c1nc2ccccc2n1Cc1ccc(F)cc1.